The zero-order valence-electron chi connectivity index (χ0n) is 16.5. The molecule has 0 amide bonds. The monoisotopic (exact) mass is 328 g/mol. The van der Waals surface area contributed by atoms with Crippen molar-refractivity contribution in [2.24, 2.45) is 10.8 Å². The van der Waals surface area contributed by atoms with Crippen molar-refractivity contribution in [2.45, 2.75) is 104 Å². The van der Waals surface area contributed by atoms with Crippen molar-refractivity contribution in [3.63, 3.8) is 0 Å². The van der Waals surface area contributed by atoms with Gasteiger partial charge in [0.1, 0.15) is 0 Å². The van der Waals surface area contributed by atoms with Crippen LogP contribution in [0.3, 0.4) is 0 Å². The van der Waals surface area contributed by atoms with Gasteiger partial charge in [0.05, 0.1) is 0 Å². The van der Waals surface area contributed by atoms with Gasteiger partial charge < -0.3 is 0 Å². The lowest BCUT2D eigenvalue weighted by Crippen LogP contribution is -2.30. The predicted molar refractivity (Wildman–Crippen MR) is 108 cm³/mol. The third-order valence-corrected chi connectivity index (χ3v) is 7.30. The minimum Gasteiger partial charge on any atom is -0.0999 e. The van der Waals surface area contributed by atoms with Crippen LogP contribution in [0.1, 0.15) is 104 Å². The van der Waals surface area contributed by atoms with E-state index in [0.717, 1.165) is 0 Å². The Balaban J connectivity index is 1.52. The summed E-state index contributed by atoms with van der Waals surface area (Å²) >= 11 is 0. The highest BCUT2D eigenvalue weighted by Gasteiger charge is 2.37. The molecule has 0 aromatic rings. The van der Waals surface area contributed by atoms with Crippen LogP contribution in [0.15, 0.2) is 36.5 Å². The number of hydrogen-bond donors (Lipinski definition) is 0. The summed E-state index contributed by atoms with van der Waals surface area (Å²) in [6, 6.07) is 0. The quantitative estimate of drug-likeness (QED) is 0.250. The highest BCUT2D eigenvalue weighted by atomic mass is 14.4. The van der Waals surface area contributed by atoms with Crippen molar-refractivity contribution >= 4 is 0 Å². The van der Waals surface area contributed by atoms with Crippen LogP contribution in [0.5, 0.6) is 0 Å². The zero-order chi connectivity index (χ0) is 17.6. The van der Waals surface area contributed by atoms with Crippen LogP contribution in [0.2, 0.25) is 0 Å². The molecule has 0 heteroatoms. The smallest absolute Gasteiger partial charge is 0.00935 e. The summed E-state index contributed by atoms with van der Waals surface area (Å²) in [4.78, 5) is 0. The fourth-order valence-electron chi connectivity index (χ4n) is 4.79. The van der Waals surface area contributed by atoms with Crippen molar-refractivity contribution in [1.82, 2.24) is 0 Å². The molecule has 0 bridgehead atoms. The van der Waals surface area contributed by atoms with E-state index < -0.39 is 0 Å². The maximum atomic E-state index is 4.33. The summed E-state index contributed by atoms with van der Waals surface area (Å²) in [6.45, 7) is 17.3. The molecule has 0 aliphatic heterocycles. The lowest BCUT2D eigenvalue weighted by molar-refractivity contribution is 0.164. The Labute approximate surface area is 151 Å². The molecular weight excluding hydrogens is 288 g/mol. The average Bonchev–Trinajstić information content (AvgIpc) is 2.42. The van der Waals surface area contributed by atoms with Gasteiger partial charge in [0.2, 0.25) is 0 Å². The fraction of sp³-hybridized carbons (Fsp3) is 0.750. The van der Waals surface area contributed by atoms with Crippen molar-refractivity contribution in [3.05, 3.63) is 36.5 Å². The normalized spacial score (nSPS) is 20.8. The van der Waals surface area contributed by atoms with E-state index in [1.54, 1.807) is 0 Å². The van der Waals surface area contributed by atoms with E-state index in [4.69, 9.17) is 0 Å². The Hall–Kier alpha value is -0.780. The van der Waals surface area contributed by atoms with Crippen LogP contribution in [0.25, 0.3) is 0 Å². The first-order valence-corrected chi connectivity index (χ1v) is 10.4. The Morgan fingerprint density at radius 2 is 1.04 bits per heavy atom. The van der Waals surface area contributed by atoms with Gasteiger partial charge in [-0.3, -0.25) is 0 Å². The molecule has 0 saturated heterocycles. The van der Waals surface area contributed by atoms with Gasteiger partial charge in [-0.1, -0.05) is 62.1 Å². The highest BCUT2D eigenvalue weighted by Crippen LogP contribution is 2.51. The molecule has 2 fully saturated rings. The summed E-state index contributed by atoms with van der Waals surface area (Å²) in [5, 5.41) is 0. The average molecular weight is 329 g/mol. The number of unbranched alkanes of at least 4 members (excludes halogenated alkanes) is 2. The maximum absolute atomic E-state index is 4.33. The standard InChI is InChI=1S/C24H40/c1-20(2)23(16-10-17-23)14-8-6-12-22(5)13-7-9-15-24(21(3)4)18-11-19-24/h1,3,5-19H2,2,4H3. The molecule has 0 aromatic heterocycles. The molecule has 136 valence electrons. The molecule has 0 aromatic carbocycles. The first kappa shape index (κ1) is 19.5. The summed E-state index contributed by atoms with van der Waals surface area (Å²) in [5.74, 6) is 0. The van der Waals surface area contributed by atoms with Gasteiger partial charge in [-0.25, -0.2) is 0 Å². The van der Waals surface area contributed by atoms with Crippen molar-refractivity contribution in [1.29, 1.82) is 0 Å². The first-order valence-electron chi connectivity index (χ1n) is 10.4. The van der Waals surface area contributed by atoms with Gasteiger partial charge in [-0.05, 0) is 88.9 Å². The van der Waals surface area contributed by atoms with Crippen LogP contribution >= 0.6 is 0 Å². The Morgan fingerprint density at radius 1 is 0.667 bits per heavy atom. The summed E-state index contributed by atoms with van der Waals surface area (Å²) in [6.07, 6.45) is 18.9. The maximum Gasteiger partial charge on any atom is -0.00935 e. The van der Waals surface area contributed by atoms with Crippen LogP contribution < -0.4 is 0 Å². The second kappa shape index (κ2) is 8.54. The van der Waals surface area contributed by atoms with Crippen molar-refractivity contribution in [3.8, 4) is 0 Å². The Morgan fingerprint density at radius 3 is 1.29 bits per heavy atom. The fourth-order valence-corrected chi connectivity index (χ4v) is 4.79. The van der Waals surface area contributed by atoms with Crippen LogP contribution in [-0.4, -0.2) is 0 Å². The van der Waals surface area contributed by atoms with E-state index in [9.17, 15) is 0 Å². The molecule has 0 spiro atoms. The largest absolute Gasteiger partial charge is 0.0999 e. The van der Waals surface area contributed by atoms with E-state index in [0.29, 0.717) is 10.8 Å². The number of hydrogen-bond acceptors (Lipinski definition) is 0. The number of rotatable bonds is 12. The molecule has 2 saturated carbocycles. The molecular formula is C24H40. The van der Waals surface area contributed by atoms with Gasteiger partial charge in [0.15, 0.2) is 0 Å². The first-order chi connectivity index (χ1) is 11.4. The van der Waals surface area contributed by atoms with E-state index in [1.807, 2.05) is 0 Å². The minimum atomic E-state index is 0.515. The van der Waals surface area contributed by atoms with Crippen LogP contribution in [-0.2, 0) is 0 Å². The van der Waals surface area contributed by atoms with Gasteiger partial charge in [0, 0.05) is 0 Å². The second-order valence-electron chi connectivity index (χ2n) is 8.99. The van der Waals surface area contributed by atoms with E-state index in [2.05, 4.69) is 33.6 Å². The third kappa shape index (κ3) is 4.64. The van der Waals surface area contributed by atoms with E-state index in [1.165, 1.54) is 107 Å². The van der Waals surface area contributed by atoms with Crippen molar-refractivity contribution in [2.75, 3.05) is 0 Å². The molecule has 2 rings (SSSR count). The summed E-state index contributed by atoms with van der Waals surface area (Å²) in [7, 11) is 0. The minimum absolute atomic E-state index is 0.515. The molecule has 2 aliphatic carbocycles. The Kier molecular flexibility index (Phi) is 6.96. The van der Waals surface area contributed by atoms with Crippen LogP contribution in [0, 0.1) is 10.8 Å². The van der Waals surface area contributed by atoms with Gasteiger partial charge in [-0.2, -0.15) is 0 Å². The topological polar surface area (TPSA) is 0 Å². The van der Waals surface area contributed by atoms with E-state index in [-0.39, 0.29) is 0 Å². The summed E-state index contributed by atoms with van der Waals surface area (Å²) in [5.41, 5.74) is 5.36. The predicted octanol–water partition coefficient (Wildman–Crippen LogP) is 8.16. The Bertz CT molecular complexity index is 414. The molecule has 0 radical (unpaired) electrons. The SMILES string of the molecule is C=C(CCCCC1(C(=C)C)CCC1)CCCCC1(C(=C)C)CCC1. The lowest BCUT2D eigenvalue weighted by Gasteiger charge is -2.43. The highest BCUT2D eigenvalue weighted by molar-refractivity contribution is 5.12. The van der Waals surface area contributed by atoms with Gasteiger partial charge >= 0.3 is 0 Å². The molecule has 2 aliphatic rings. The van der Waals surface area contributed by atoms with Gasteiger partial charge in [-0.15, -0.1) is 0 Å². The second-order valence-corrected chi connectivity index (χ2v) is 8.99. The molecule has 0 nitrogen and oxygen atoms in total. The molecule has 0 N–H and O–H groups in total. The zero-order valence-corrected chi connectivity index (χ0v) is 16.5. The molecule has 0 unspecified atom stereocenters. The lowest BCUT2D eigenvalue weighted by atomic mass is 9.62. The van der Waals surface area contributed by atoms with E-state index >= 15 is 0 Å². The van der Waals surface area contributed by atoms with Crippen LogP contribution in [0.4, 0.5) is 0 Å². The molecule has 24 heavy (non-hydrogen) atoms. The van der Waals surface area contributed by atoms with Gasteiger partial charge in [0.25, 0.3) is 0 Å². The van der Waals surface area contributed by atoms with Crippen molar-refractivity contribution < 1.29 is 0 Å². The summed E-state index contributed by atoms with van der Waals surface area (Å²) < 4.78 is 0. The number of allylic oxidation sites excluding steroid dienone is 3. The molecule has 0 atom stereocenters. The molecule has 0 heterocycles. The third-order valence-electron chi connectivity index (χ3n) is 7.30.